The molecule has 0 bridgehead atoms. The Morgan fingerprint density at radius 1 is 1.45 bits per heavy atom. The molecule has 0 heterocycles. The minimum atomic E-state index is -0.494. The van der Waals surface area contributed by atoms with Crippen LogP contribution in [0.25, 0.3) is 0 Å². The van der Waals surface area contributed by atoms with E-state index in [9.17, 15) is 14.9 Å². The van der Waals surface area contributed by atoms with Crippen molar-refractivity contribution >= 4 is 11.6 Å². The molecule has 110 valence electrons. The molecule has 0 saturated carbocycles. The van der Waals surface area contributed by atoms with E-state index in [0.29, 0.717) is 6.54 Å². The van der Waals surface area contributed by atoms with Crippen LogP contribution in [0.1, 0.15) is 18.9 Å². The Balaban J connectivity index is 2.77. The largest absolute Gasteiger partial charge is 0.486 e. The van der Waals surface area contributed by atoms with Gasteiger partial charge < -0.3 is 15.4 Å². The van der Waals surface area contributed by atoms with E-state index in [0.717, 1.165) is 12.1 Å². The molecular weight excluding hydrogens is 262 g/mol. The van der Waals surface area contributed by atoms with Gasteiger partial charge in [-0.05, 0) is 18.2 Å². The first-order chi connectivity index (χ1) is 9.58. The average Bonchev–Trinajstić information content (AvgIpc) is 2.44. The van der Waals surface area contributed by atoms with E-state index in [2.05, 4.69) is 10.6 Å². The van der Waals surface area contributed by atoms with E-state index in [1.165, 1.54) is 13.1 Å². The Bertz CT molecular complexity index is 477. The fourth-order valence-electron chi connectivity index (χ4n) is 1.58. The zero-order chi connectivity index (χ0) is 15.0. The molecule has 2 N–H and O–H groups in total. The molecule has 1 rings (SSSR count). The van der Waals surface area contributed by atoms with Gasteiger partial charge in [-0.2, -0.15) is 0 Å². The number of nitrogens with zero attached hydrogens (tertiary/aromatic N) is 1. The van der Waals surface area contributed by atoms with Gasteiger partial charge in [0.15, 0.2) is 5.75 Å². The maximum atomic E-state index is 11.1. The Labute approximate surface area is 117 Å². The van der Waals surface area contributed by atoms with Gasteiger partial charge >= 0.3 is 5.69 Å². The molecule has 0 aliphatic rings. The quantitative estimate of drug-likeness (QED) is 0.552. The molecule has 0 fully saturated rings. The maximum Gasteiger partial charge on any atom is 0.310 e. The molecule has 7 heteroatoms. The van der Waals surface area contributed by atoms with Crippen molar-refractivity contribution in [3.63, 3.8) is 0 Å². The van der Waals surface area contributed by atoms with Gasteiger partial charge in [-0.3, -0.25) is 14.9 Å². The van der Waals surface area contributed by atoms with E-state index in [4.69, 9.17) is 4.74 Å². The molecule has 0 radical (unpaired) electrons. The van der Waals surface area contributed by atoms with Crippen LogP contribution in [0.5, 0.6) is 5.75 Å². The lowest BCUT2D eigenvalue weighted by Crippen LogP contribution is -2.20. The summed E-state index contributed by atoms with van der Waals surface area (Å²) in [4.78, 5) is 21.5. The number of carbonyl (C=O) groups excluding carboxylic acids is 1. The SMILES string of the molecule is CCNCc1ccc([N+](=O)[O-])c(OCCC(=O)NC)c1. The van der Waals surface area contributed by atoms with Crippen molar-refractivity contribution in [1.29, 1.82) is 0 Å². The zero-order valence-corrected chi connectivity index (χ0v) is 11.6. The van der Waals surface area contributed by atoms with Gasteiger partial charge in [0.2, 0.25) is 5.91 Å². The number of benzene rings is 1. The van der Waals surface area contributed by atoms with Gasteiger partial charge in [-0.1, -0.05) is 13.0 Å². The van der Waals surface area contributed by atoms with Crippen molar-refractivity contribution in [2.75, 3.05) is 20.2 Å². The van der Waals surface area contributed by atoms with Gasteiger partial charge in [0.25, 0.3) is 0 Å². The lowest BCUT2D eigenvalue weighted by molar-refractivity contribution is -0.385. The van der Waals surface area contributed by atoms with Crippen LogP contribution in [-0.2, 0) is 11.3 Å². The molecule has 7 nitrogen and oxygen atoms in total. The van der Waals surface area contributed by atoms with Crippen LogP contribution >= 0.6 is 0 Å². The van der Waals surface area contributed by atoms with E-state index < -0.39 is 4.92 Å². The second-order valence-electron chi connectivity index (χ2n) is 4.11. The summed E-state index contributed by atoms with van der Waals surface area (Å²) in [5, 5.41) is 16.5. The molecule has 0 atom stereocenters. The van der Waals surface area contributed by atoms with Crippen molar-refractivity contribution in [2.45, 2.75) is 19.9 Å². The summed E-state index contributed by atoms with van der Waals surface area (Å²) >= 11 is 0. The molecule has 0 aliphatic carbocycles. The van der Waals surface area contributed by atoms with Gasteiger partial charge in [0.05, 0.1) is 18.0 Å². The first-order valence-corrected chi connectivity index (χ1v) is 6.40. The number of rotatable bonds is 8. The summed E-state index contributed by atoms with van der Waals surface area (Å²) in [5.41, 5.74) is 0.801. The highest BCUT2D eigenvalue weighted by Crippen LogP contribution is 2.28. The number of hydrogen-bond acceptors (Lipinski definition) is 5. The summed E-state index contributed by atoms with van der Waals surface area (Å²) in [6.07, 6.45) is 0.158. The second kappa shape index (κ2) is 8.11. The van der Waals surface area contributed by atoms with E-state index in [1.807, 2.05) is 6.92 Å². The summed E-state index contributed by atoms with van der Waals surface area (Å²) in [6.45, 7) is 3.50. The number of hydrogen-bond donors (Lipinski definition) is 2. The molecule has 0 spiro atoms. The minimum Gasteiger partial charge on any atom is -0.486 e. The monoisotopic (exact) mass is 281 g/mol. The summed E-state index contributed by atoms with van der Waals surface area (Å²) in [6, 6.07) is 4.74. The minimum absolute atomic E-state index is 0.0952. The van der Waals surface area contributed by atoms with Crippen molar-refractivity contribution in [2.24, 2.45) is 0 Å². The van der Waals surface area contributed by atoms with Gasteiger partial charge in [-0.15, -0.1) is 0 Å². The molecule has 0 aromatic heterocycles. The maximum absolute atomic E-state index is 11.1. The average molecular weight is 281 g/mol. The van der Waals surface area contributed by atoms with Gasteiger partial charge in [0.1, 0.15) is 0 Å². The fraction of sp³-hybridized carbons (Fsp3) is 0.462. The van der Waals surface area contributed by atoms with Crippen molar-refractivity contribution in [3.05, 3.63) is 33.9 Å². The Morgan fingerprint density at radius 2 is 2.20 bits per heavy atom. The number of nitro groups is 1. The topological polar surface area (TPSA) is 93.5 Å². The smallest absolute Gasteiger partial charge is 0.310 e. The van der Waals surface area contributed by atoms with Crippen LogP contribution in [0.3, 0.4) is 0 Å². The third kappa shape index (κ3) is 4.85. The normalized spacial score (nSPS) is 10.1. The molecule has 1 amide bonds. The number of carbonyl (C=O) groups is 1. The summed E-state index contributed by atoms with van der Waals surface area (Å²) < 4.78 is 5.36. The first-order valence-electron chi connectivity index (χ1n) is 6.40. The third-order valence-corrected chi connectivity index (χ3v) is 2.67. The summed E-state index contributed by atoms with van der Waals surface area (Å²) in [5.74, 6) is 0.0192. The standard InChI is InChI=1S/C13H19N3O4/c1-3-15-9-10-4-5-11(16(18)19)12(8-10)20-7-6-13(17)14-2/h4-5,8,15H,3,6-7,9H2,1-2H3,(H,14,17). The van der Waals surface area contributed by atoms with E-state index in [-0.39, 0.29) is 30.4 Å². The molecule has 20 heavy (non-hydrogen) atoms. The fourth-order valence-corrected chi connectivity index (χ4v) is 1.58. The van der Waals surface area contributed by atoms with Crippen LogP contribution in [0, 0.1) is 10.1 Å². The van der Waals surface area contributed by atoms with Crippen LogP contribution in [0.2, 0.25) is 0 Å². The first kappa shape index (κ1) is 15.9. The molecule has 0 unspecified atom stereocenters. The van der Waals surface area contributed by atoms with Crippen molar-refractivity contribution in [1.82, 2.24) is 10.6 Å². The van der Waals surface area contributed by atoms with Crippen LogP contribution in [0.15, 0.2) is 18.2 Å². The Morgan fingerprint density at radius 3 is 2.80 bits per heavy atom. The highest BCUT2D eigenvalue weighted by molar-refractivity contribution is 5.75. The molecule has 0 aliphatic heterocycles. The molecule has 1 aromatic carbocycles. The lowest BCUT2D eigenvalue weighted by atomic mass is 10.2. The van der Waals surface area contributed by atoms with Crippen molar-refractivity contribution in [3.8, 4) is 5.75 Å². The number of nitro benzene ring substituents is 1. The zero-order valence-electron chi connectivity index (χ0n) is 11.6. The Hall–Kier alpha value is -2.15. The number of ether oxygens (including phenoxy) is 1. The highest BCUT2D eigenvalue weighted by Gasteiger charge is 2.15. The van der Waals surface area contributed by atoms with Gasteiger partial charge in [-0.25, -0.2) is 0 Å². The third-order valence-electron chi connectivity index (χ3n) is 2.67. The Kier molecular flexibility index (Phi) is 6.45. The molecular formula is C13H19N3O4. The van der Waals surface area contributed by atoms with Crippen LogP contribution in [-0.4, -0.2) is 31.0 Å². The van der Waals surface area contributed by atoms with Crippen LogP contribution in [0.4, 0.5) is 5.69 Å². The van der Waals surface area contributed by atoms with E-state index >= 15 is 0 Å². The molecule has 0 saturated heterocycles. The second-order valence-corrected chi connectivity index (χ2v) is 4.11. The van der Waals surface area contributed by atoms with Gasteiger partial charge in [0, 0.05) is 19.7 Å². The number of amides is 1. The summed E-state index contributed by atoms with van der Waals surface area (Å²) in [7, 11) is 1.53. The van der Waals surface area contributed by atoms with Crippen molar-refractivity contribution < 1.29 is 14.5 Å². The van der Waals surface area contributed by atoms with Crippen LogP contribution < -0.4 is 15.4 Å². The molecule has 1 aromatic rings. The highest BCUT2D eigenvalue weighted by atomic mass is 16.6. The number of nitrogens with one attached hydrogen (secondary N) is 2. The lowest BCUT2D eigenvalue weighted by Gasteiger charge is -2.09. The predicted molar refractivity (Wildman–Crippen MR) is 74.7 cm³/mol. The predicted octanol–water partition coefficient (Wildman–Crippen LogP) is 1.22. The van der Waals surface area contributed by atoms with E-state index in [1.54, 1.807) is 12.1 Å².